The van der Waals surface area contributed by atoms with Gasteiger partial charge in [-0.1, -0.05) is 24.3 Å². The standard InChI is InChI=1S/C23H17N3O4/c27-22(19-5-1-2-6-20(19)26-13-3-4-14-26)25-24-15-18-11-12-21(30-18)16-7-9-17(10-8-16)23(28)29/h1-15H,(H,25,27)(H,28,29)/b24-15-. The highest BCUT2D eigenvalue weighted by atomic mass is 16.4. The molecule has 0 atom stereocenters. The quantitative estimate of drug-likeness (QED) is 0.375. The number of rotatable bonds is 6. The van der Waals surface area contributed by atoms with Crippen LogP contribution in [0.3, 0.4) is 0 Å². The van der Waals surface area contributed by atoms with E-state index in [0.717, 1.165) is 11.3 Å². The molecule has 2 aromatic heterocycles. The Morgan fingerprint density at radius 3 is 2.40 bits per heavy atom. The molecule has 0 aliphatic carbocycles. The second-order valence-electron chi connectivity index (χ2n) is 6.39. The maximum atomic E-state index is 12.5. The molecule has 0 fully saturated rings. The fourth-order valence-electron chi connectivity index (χ4n) is 2.96. The van der Waals surface area contributed by atoms with Crippen LogP contribution in [0.5, 0.6) is 0 Å². The van der Waals surface area contributed by atoms with Gasteiger partial charge >= 0.3 is 5.97 Å². The zero-order valence-electron chi connectivity index (χ0n) is 15.7. The summed E-state index contributed by atoms with van der Waals surface area (Å²) in [6.07, 6.45) is 5.14. The van der Waals surface area contributed by atoms with E-state index in [9.17, 15) is 9.59 Å². The minimum absolute atomic E-state index is 0.204. The molecule has 2 heterocycles. The number of furan rings is 1. The normalized spacial score (nSPS) is 10.9. The molecule has 0 unspecified atom stereocenters. The number of carboxylic acid groups (broad SMARTS) is 1. The van der Waals surface area contributed by atoms with Gasteiger partial charge in [0, 0.05) is 18.0 Å². The number of amides is 1. The van der Waals surface area contributed by atoms with Gasteiger partial charge in [-0.3, -0.25) is 4.79 Å². The summed E-state index contributed by atoms with van der Waals surface area (Å²) in [6, 6.07) is 20.8. The van der Waals surface area contributed by atoms with Gasteiger partial charge in [0.1, 0.15) is 11.5 Å². The van der Waals surface area contributed by atoms with E-state index in [1.54, 1.807) is 36.4 Å². The van der Waals surface area contributed by atoms with Crippen LogP contribution in [-0.4, -0.2) is 27.8 Å². The number of hydrogen-bond donors (Lipinski definition) is 2. The predicted octanol–water partition coefficient (Wildman–Crippen LogP) is 4.20. The molecule has 2 aromatic carbocycles. The van der Waals surface area contributed by atoms with Crippen molar-refractivity contribution in [2.75, 3.05) is 0 Å². The lowest BCUT2D eigenvalue weighted by molar-refractivity contribution is 0.0696. The molecular formula is C23H17N3O4. The summed E-state index contributed by atoms with van der Waals surface area (Å²) >= 11 is 0. The Hall–Kier alpha value is -4.39. The van der Waals surface area contributed by atoms with E-state index >= 15 is 0 Å². The van der Waals surface area contributed by atoms with Gasteiger partial charge in [-0.25, -0.2) is 10.2 Å². The fraction of sp³-hybridized carbons (Fsp3) is 0. The Kier molecular flexibility index (Phi) is 5.25. The topological polar surface area (TPSA) is 96.8 Å². The van der Waals surface area contributed by atoms with Crippen LogP contribution in [0.1, 0.15) is 26.5 Å². The third-order valence-corrected chi connectivity index (χ3v) is 4.43. The smallest absolute Gasteiger partial charge is 0.335 e. The Morgan fingerprint density at radius 2 is 1.67 bits per heavy atom. The minimum atomic E-state index is -0.983. The lowest BCUT2D eigenvalue weighted by atomic mass is 10.1. The number of carboxylic acids is 1. The highest BCUT2D eigenvalue weighted by Gasteiger charge is 2.11. The van der Waals surface area contributed by atoms with Crippen LogP contribution in [0.4, 0.5) is 0 Å². The molecule has 7 nitrogen and oxygen atoms in total. The Balaban J connectivity index is 1.45. The number of hydrazone groups is 1. The zero-order chi connectivity index (χ0) is 20.9. The Labute approximate surface area is 171 Å². The number of hydrogen-bond acceptors (Lipinski definition) is 4. The van der Waals surface area contributed by atoms with Gasteiger partial charge in [-0.05, 0) is 48.5 Å². The number of para-hydroxylation sites is 1. The lowest BCUT2D eigenvalue weighted by Crippen LogP contribution is -2.19. The number of benzene rings is 2. The van der Waals surface area contributed by atoms with E-state index in [0.29, 0.717) is 17.1 Å². The van der Waals surface area contributed by atoms with Gasteiger partial charge in [-0.2, -0.15) is 5.10 Å². The van der Waals surface area contributed by atoms with Gasteiger partial charge in [-0.15, -0.1) is 0 Å². The highest BCUT2D eigenvalue weighted by Crippen LogP contribution is 2.22. The molecule has 0 aliphatic rings. The second-order valence-corrected chi connectivity index (χ2v) is 6.39. The van der Waals surface area contributed by atoms with E-state index in [2.05, 4.69) is 10.5 Å². The molecule has 2 N–H and O–H groups in total. The van der Waals surface area contributed by atoms with Crippen molar-refractivity contribution in [3.63, 3.8) is 0 Å². The molecule has 1 amide bonds. The summed E-state index contributed by atoms with van der Waals surface area (Å²) in [5.74, 6) is -0.307. The van der Waals surface area contributed by atoms with Gasteiger partial charge in [0.2, 0.25) is 0 Å². The summed E-state index contributed by atoms with van der Waals surface area (Å²) in [4.78, 5) is 23.5. The zero-order valence-corrected chi connectivity index (χ0v) is 15.7. The molecule has 148 valence electrons. The number of aromatic carboxylic acids is 1. The van der Waals surface area contributed by atoms with Gasteiger partial charge in [0.05, 0.1) is 23.0 Å². The maximum Gasteiger partial charge on any atom is 0.335 e. The van der Waals surface area contributed by atoms with Crippen molar-refractivity contribution in [1.29, 1.82) is 0 Å². The molecule has 7 heteroatoms. The molecule has 4 aromatic rings. The monoisotopic (exact) mass is 399 g/mol. The molecule has 4 rings (SSSR count). The van der Waals surface area contributed by atoms with Crippen LogP contribution < -0.4 is 5.43 Å². The largest absolute Gasteiger partial charge is 0.478 e. The molecule has 0 aliphatic heterocycles. The molecule has 0 saturated heterocycles. The summed E-state index contributed by atoms with van der Waals surface area (Å²) < 4.78 is 7.54. The van der Waals surface area contributed by atoms with Crippen LogP contribution in [0.15, 0.2) is 94.7 Å². The number of carbonyl (C=O) groups excluding carboxylic acids is 1. The van der Waals surface area contributed by atoms with Crippen molar-refractivity contribution in [3.8, 4) is 17.0 Å². The average molecular weight is 399 g/mol. The average Bonchev–Trinajstić information content (AvgIpc) is 3.46. The minimum Gasteiger partial charge on any atom is -0.478 e. The van der Waals surface area contributed by atoms with Crippen LogP contribution in [0.2, 0.25) is 0 Å². The number of carbonyl (C=O) groups is 2. The van der Waals surface area contributed by atoms with Crippen molar-refractivity contribution in [3.05, 3.63) is 102 Å². The fourth-order valence-corrected chi connectivity index (χ4v) is 2.96. The van der Waals surface area contributed by atoms with Crippen LogP contribution in [-0.2, 0) is 0 Å². The molecule has 0 spiro atoms. The van der Waals surface area contributed by atoms with E-state index < -0.39 is 5.97 Å². The van der Waals surface area contributed by atoms with Gasteiger partial charge < -0.3 is 14.1 Å². The van der Waals surface area contributed by atoms with Gasteiger partial charge in [0.25, 0.3) is 5.91 Å². The highest BCUT2D eigenvalue weighted by molar-refractivity contribution is 5.98. The Morgan fingerprint density at radius 1 is 0.933 bits per heavy atom. The summed E-state index contributed by atoms with van der Waals surface area (Å²) in [5, 5.41) is 12.9. The van der Waals surface area contributed by atoms with Crippen LogP contribution in [0.25, 0.3) is 17.0 Å². The molecule has 0 bridgehead atoms. The third kappa shape index (κ3) is 4.05. The predicted molar refractivity (Wildman–Crippen MR) is 112 cm³/mol. The maximum absolute atomic E-state index is 12.5. The first kappa shape index (κ1) is 18.9. The first-order chi connectivity index (χ1) is 14.6. The van der Waals surface area contributed by atoms with Crippen molar-refractivity contribution in [1.82, 2.24) is 9.99 Å². The first-order valence-electron chi connectivity index (χ1n) is 9.11. The van der Waals surface area contributed by atoms with Crippen molar-refractivity contribution < 1.29 is 19.1 Å². The molecular weight excluding hydrogens is 382 g/mol. The SMILES string of the molecule is O=C(O)c1ccc(-c2ccc(/C=N\NC(=O)c3ccccc3-n3cccc3)o2)cc1. The van der Waals surface area contributed by atoms with Gasteiger partial charge in [0.15, 0.2) is 0 Å². The van der Waals surface area contributed by atoms with Crippen LogP contribution >= 0.6 is 0 Å². The summed E-state index contributed by atoms with van der Waals surface area (Å²) in [6.45, 7) is 0. The lowest BCUT2D eigenvalue weighted by Gasteiger charge is -2.08. The van der Waals surface area contributed by atoms with E-state index in [1.165, 1.54) is 18.3 Å². The number of nitrogens with zero attached hydrogens (tertiary/aromatic N) is 2. The van der Waals surface area contributed by atoms with Crippen molar-refractivity contribution >= 4 is 18.1 Å². The van der Waals surface area contributed by atoms with E-state index in [1.807, 2.05) is 41.2 Å². The molecule has 0 radical (unpaired) electrons. The van der Waals surface area contributed by atoms with Crippen LogP contribution in [0, 0.1) is 0 Å². The molecule has 30 heavy (non-hydrogen) atoms. The second kappa shape index (κ2) is 8.32. The van der Waals surface area contributed by atoms with E-state index in [4.69, 9.17) is 9.52 Å². The Bertz CT molecular complexity index is 1210. The molecule has 0 saturated carbocycles. The summed E-state index contributed by atoms with van der Waals surface area (Å²) in [7, 11) is 0. The van der Waals surface area contributed by atoms with E-state index in [-0.39, 0.29) is 11.5 Å². The first-order valence-corrected chi connectivity index (χ1v) is 9.11. The summed E-state index contributed by atoms with van der Waals surface area (Å²) in [5.41, 5.74) is 4.70. The van der Waals surface area contributed by atoms with Crippen molar-refractivity contribution in [2.24, 2.45) is 5.10 Å². The number of nitrogens with one attached hydrogen (secondary N) is 1. The number of aromatic nitrogens is 1. The van der Waals surface area contributed by atoms with Crippen molar-refractivity contribution in [2.45, 2.75) is 0 Å². The third-order valence-electron chi connectivity index (χ3n) is 4.43.